The number of hydrogen-bond acceptors (Lipinski definition) is 4. The molecule has 1 nitrogen and oxygen atoms in total. The van der Waals surface area contributed by atoms with Gasteiger partial charge in [-0.25, -0.2) is 0 Å². The van der Waals surface area contributed by atoms with Gasteiger partial charge in [0.15, 0.2) is 0 Å². The first kappa shape index (κ1) is 11.3. The number of phenols is 1. The van der Waals surface area contributed by atoms with Gasteiger partial charge >= 0.3 is 0 Å². The van der Waals surface area contributed by atoms with Crippen LogP contribution in [0.5, 0.6) is 5.75 Å². The largest absolute Gasteiger partial charge is 0.507 e. The van der Waals surface area contributed by atoms with E-state index < -0.39 is 0 Å². The van der Waals surface area contributed by atoms with Crippen LogP contribution in [0.4, 0.5) is 0 Å². The first-order valence-corrected chi connectivity index (χ1v) is 7.06. The number of phenolic OH excluding ortho intramolecular Hbond substituents is 1. The Balaban J connectivity index is 2.67. The van der Waals surface area contributed by atoms with Gasteiger partial charge < -0.3 is 5.11 Å². The van der Waals surface area contributed by atoms with E-state index >= 15 is 0 Å². The molecular formula is C10H7BrOS3. The van der Waals surface area contributed by atoms with Crippen molar-refractivity contribution in [2.24, 2.45) is 0 Å². The van der Waals surface area contributed by atoms with Gasteiger partial charge in [0, 0.05) is 15.4 Å². The van der Waals surface area contributed by atoms with Crippen LogP contribution in [0.3, 0.4) is 0 Å². The highest BCUT2D eigenvalue weighted by atomic mass is 79.9. The Morgan fingerprint density at radius 3 is 2.73 bits per heavy atom. The molecule has 0 fully saturated rings. The maximum Gasteiger partial charge on any atom is 0.144 e. The highest BCUT2D eigenvalue weighted by Crippen LogP contribution is 2.38. The van der Waals surface area contributed by atoms with Crippen LogP contribution in [0.15, 0.2) is 22.0 Å². The summed E-state index contributed by atoms with van der Waals surface area (Å²) in [5.74, 6) is 0.335. The third-order valence-corrected chi connectivity index (χ3v) is 4.94. The van der Waals surface area contributed by atoms with E-state index in [2.05, 4.69) is 15.9 Å². The molecule has 0 aliphatic heterocycles. The average molecular weight is 319 g/mol. The van der Waals surface area contributed by atoms with Gasteiger partial charge in [-0.3, -0.25) is 0 Å². The highest BCUT2D eigenvalue weighted by Gasteiger charge is 2.09. The molecule has 0 saturated carbocycles. The zero-order valence-corrected chi connectivity index (χ0v) is 11.8. The summed E-state index contributed by atoms with van der Waals surface area (Å²) >= 11 is 11.6. The minimum absolute atomic E-state index is 0.335. The van der Waals surface area contributed by atoms with Crippen LogP contribution in [-0.4, -0.2) is 5.11 Å². The molecule has 2 rings (SSSR count). The molecule has 0 amide bonds. The highest BCUT2D eigenvalue weighted by molar-refractivity contribution is 9.10. The first-order valence-electron chi connectivity index (χ1n) is 4.16. The Kier molecular flexibility index (Phi) is 3.25. The maximum atomic E-state index is 9.94. The molecule has 0 atom stereocenters. The van der Waals surface area contributed by atoms with Crippen molar-refractivity contribution in [3.8, 4) is 16.2 Å². The SMILES string of the molecule is Cc1cc(Br)cc(-c2csc(=S)s2)c1O. The summed E-state index contributed by atoms with van der Waals surface area (Å²) in [7, 11) is 0. The summed E-state index contributed by atoms with van der Waals surface area (Å²) in [6, 6.07) is 3.81. The van der Waals surface area contributed by atoms with Crippen LogP contribution < -0.4 is 0 Å². The zero-order chi connectivity index (χ0) is 11.0. The van der Waals surface area contributed by atoms with E-state index in [4.69, 9.17) is 12.2 Å². The minimum Gasteiger partial charge on any atom is -0.507 e. The lowest BCUT2D eigenvalue weighted by molar-refractivity contribution is 0.473. The van der Waals surface area contributed by atoms with Crippen molar-refractivity contribution in [1.29, 1.82) is 0 Å². The predicted octanol–water partition coefficient (Wildman–Crippen LogP) is 4.98. The molecule has 0 bridgehead atoms. The monoisotopic (exact) mass is 318 g/mol. The second kappa shape index (κ2) is 4.33. The van der Waals surface area contributed by atoms with Crippen molar-refractivity contribution in [1.82, 2.24) is 0 Å². The van der Waals surface area contributed by atoms with E-state index in [1.165, 1.54) is 22.7 Å². The fraction of sp³-hybridized carbons (Fsp3) is 0.100. The second-order valence-electron chi connectivity index (χ2n) is 3.07. The predicted molar refractivity (Wildman–Crippen MR) is 72.6 cm³/mol. The van der Waals surface area contributed by atoms with Crippen LogP contribution >= 0.6 is 50.8 Å². The van der Waals surface area contributed by atoms with Crippen molar-refractivity contribution < 1.29 is 5.11 Å². The van der Waals surface area contributed by atoms with Gasteiger partial charge in [0.1, 0.15) is 8.89 Å². The number of rotatable bonds is 1. The van der Waals surface area contributed by atoms with Crippen LogP contribution in [0, 0.1) is 10.1 Å². The topological polar surface area (TPSA) is 20.2 Å². The Hall–Kier alpha value is -0.230. The first-order chi connectivity index (χ1) is 7.08. The van der Waals surface area contributed by atoms with Crippen molar-refractivity contribution in [3.05, 3.63) is 30.7 Å². The van der Waals surface area contributed by atoms with Gasteiger partial charge in [-0.1, -0.05) is 28.1 Å². The lowest BCUT2D eigenvalue weighted by Gasteiger charge is -2.05. The molecule has 2 aromatic rings. The summed E-state index contributed by atoms with van der Waals surface area (Å²) in [5.41, 5.74) is 1.71. The summed E-state index contributed by atoms with van der Waals surface area (Å²) < 4.78 is 1.85. The van der Waals surface area contributed by atoms with E-state index in [1.54, 1.807) is 0 Å². The number of halogens is 1. The van der Waals surface area contributed by atoms with Gasteiger partial charge in [0.05, 0.1) is 4.88 Å². The molecule has 0 radical (unpaired) electrons. The maximum absolute atomic E-state index is 9.94. The lowest BCUT2D eigenvalue weighted by atomic mass is 10.1. The van der Waals surface area contributed by atoms with Crippen molar-refractivity contribution in [3.63, 3.8) is 0 Å². The number of aryl methyl sites for hydroxylation is 1. The van der Waals surface area contributed by atoms with E-state index in [1.807, 2.05) is 24.4 Å². The Morgan fingerprint density at radius 2 is 2.13 bits per heavy atom. The van der Waals surface area contributed by atoms with E-state index in [9.17, 15) is 5.11 Å². The summed E-state index contributed by atoms with van der Waals surface area (Å²) in [5, 5.41) is 11.9. The fourth-order valence-electron chi connectivity index (χ4n) is 1.28. The molecular weight excluding hydrogens is 312 g/mol. The third kappa shape index (κ3) is 2.30. The minimum atomic E-state index is 0.335. The van der Waals surface area contributed by atoms with Crippen molar-refractivity contribution in [2.75, 3.05) is 0 Å². The molecule has 78 valence electrons. The standard InChI is InChI=1S/C10H7BrOS3/c1-5-2-6(11)3-7(9(5)12)8-4-14-10(13)15-8/h2-4,12H,1H3. The summed E-state index contributed by atoms with van der Waals surface area (Å²) in [6.45, 7) is 1.88. The van der Waals surface area contributed by atoms with Crippen molar-refractivity contribution >= 4 is 50.8 Å². The van der Waals surface area contributed by atoms with E-state index in [0.29, 0.717) is 5.75 Å². The van der Waals surface area contributed by atoms with Crippen LogP contribution in [0.1, 0.15) is 5.56 Å². The van der Waals surface area contributed by atoms with Crippen LogP contribution in [0.25, 0.3) is 10.4 Å². The molecule has 0 unspecified atom stereocenters. The number of benzene rings is 1. The van der Waals surface area contributed by atoms with Gasteiger partial charge in [0.25, 0.3) is 0 Å². The van der Waals surface area contributed by atoms with Gasteiger partial charge in [-0.15, -0.1) is 22.7 Å². The second-order valence-corrected chi connectivity index (χ2v) is 7.10. The number of aromatic hydroxyl groups is 1. The molecule has 15 heavy (non-hydrogen) atoms. The lowest BCUT2D eigenvalue weighted by Crippen LogP contribution is -1.80. The molecule has 1 aromatic heterocycles. The molecule has 5 heteroatoms. The van der Waals surface area contributed by atoms with Crippen LogP contribution in [-0.2, 0) is 0 Å². The number of hydrogen-bond donors (Lipinski definition) is 1. The quantitative estimate of drug-likeness (QED) is 0.748. The molecule has 0 aliphatic rings. The summed E-state index contributed by atoms with van der Waals surface area (Å²) in [4.78, 5) is 1.02. The van der Waals surface area contributed by atoms with E-state index in [-0.39, 0.29) is 0 Å². The van der Waals surface area contributed by atoms with Crippen molar-refractivity contribution in [2.45, 2.75) is 6.92 Å². The normalized spacial score (nSPS) is 10.5. The van der Waals surface area contributed by atoms with Gasteiger partial charge in [0.2, 0.25) is 0 Å². The Bertz CT molecular complexity index is 556. The molecule has 1 aromatic carbocycles. The zero-order valence-electron chi connectivity index (χ0n) is 7.78. The van der Waals surface area contributed by atoms with Crippen LogP contribution in [0.2, 0.25) is 0 Å². The fourth-order valence-corrected chi connectivity index (χ4v) is 3.99. The van der Waals surface area contributed by atoms with E-state index in [0.717, 1.165) is 23.6 Å². The smallest absolute Gasteiger partial charge is 0.144 e. The Labute approximate surface area is 109 Å². The molecule has 0 spiro atoms. The third-order valence-electron chi connectivity index (χ3n) is 1.99. The molecule has 1 heterocycles. The molecule has 0 saturated heterocycles. The van der Waals surface area contributed by atoms with Gasteiger partial charge in [-0.2, -0.15) is 0 Å². The Morgan fingerprint density at radius 1 is 1.40 bits per heavy atom. The molecule has 0 aliphatic carbocycles. The molecule has 1 N–H and O–H groups in total. The average Bonchev–Trinajstić information content (AvgIpc) is 2.58. The summed E-state index contributed by atoms with van der Waals surface area (Å²) in [6.07, 6.45) is 0. The van der Waals surface area contributed by atoms with Gasteiger partial charge in [-0.05, 0) is 24.6 Å².